The van der Waals surface area contributed by atoms with Crippen LogP contribution in [0, 0.1) is 5.92 Å². The lowest BCUT2D eigenvalue weighted by molar-refractivity contribution is -0.137. The van der Waals surface area contributed by atoms with Crippen LogP contribution in [0.1, 0.15) is 36.2 Å². The number of pyridine rings is 1. The first-order valence-corrected chi connectivity index (χ1v) is 12.1. The van der Waals surface area contributed by atoms with E-state index in [9.17, 15) is 22.8 Å². The molecule has 1 saturated heterocycles. The van der Waals surface area contributed by atoms with Crippen LogP contribution in [0.25, 0.3) is 0 Å². The van der Waals surface area contributed by atoms with E-state index in [0.29, 0.717) is 43.4 Å². The smallest absolute Gasteiger partial charge is 0.353 e. The number of aromatic nitrogens is 1. The lowest BCUT2D eigenvalue weighted by Gasteiger charge is -2.35. The van der Waals surface area contributed by atoms with Gasteiger partial charge in [-0.15, -0.1) is 11.6 Å². The summed E-state index contributed by atoms with van der Waals surface area (Å²) in [7, 11) is 0. The summed E-state index contributed by atoms with van der Waals surface area (Å²) in [5.74, 6) is -0.488. The predicted molar refractivity (Wildman–Crippen MR) is 131 cm³/mol. The Kier molecular flexibility index (Phi) is 8.88. The molecule has 1 aromatic heterocycles. The number of halogens is 5. The number of alkyl halides is 4. The van der Waals surface area contributed by atoms with Crippen molar-refractivity contribution in [2.75, 3.05) is 48.4 Å². The van der Waals surface area contributed by atoms with E-state index in [1.807, 2.05) is 18.7 Å². The molecule has 1 fully saturated rings. The van der Waals surface area contributed by atoms with E-state index in [-0.39, 0.29) is 29.6 Å². The van der Waals surface area contributed by atoms with Gasteiger partial charge < -0.3 is 14.7 Å². The molecule has 0 atom stereocenters. The lowest BCUT2D eigenvalue weighted by Crippen LogP contribution is -2.49. The first-order valence-electron chi connectivity index (χ1n) is 11.2. The van der Waals surface area contributed by atoms with Gasteiger partial charge in [-0.2, -0.15) is 13.2 Å². The van der Waals surface area contributed by atoms with Crippen LogP contribution in [-0.2, 0) is 11.0 Å². The molecule has 190 valence electrons. The summed E-state index contributed by atoms with van der Waals surface area (Å²) in [5.41, 5.74) is -1.09. The number of carbonyl (C=O) groups is 2. The van der Waals surface area contributed by atoms with Crippen molar-refractivity contribution in [3.05, 3.63) is 52.7 Å². The number of rotatable bonds is 7. The summed E-state index contributed by atoms with van der Waals surface area (Å²) in [6.45, 7) is 5.66. The highest BCUT2D eigenvalue weighted by Gasteiger charge is 2.34. The fraction of sp³-hybridized carbons (Fsp3) is 0.458. The van der Waals surface area contributed by atoms with Crippen molar-refractivity contribution in [3.8, 4) is 0 Å². The molecule has 11 heteroatoms. The van der Waals surface area contributed by atoms with Crippen LogP contribution in [0.2, 0.25) is 5.02 Å². The second kappa shape index (κ2) is 11.5. The molecule has 1 aliphatic heterocycles. The van der Waals surface area contributed by atoms with E-state index in [4.69, 9.17) is 23.2 Å². The molecule has 2 heterocycles. The van der Waals surface area contributed by atoms with Crippen molar-refractivity contribution in [1.29, 1.82) is 0 Å². The Morgan fingerprint density at radius 2 is 1.80 bits per heavy atom. The molecule has 0 radical (unpaired) electrons. The van der Waals surface area contributed by atoms with Crippen LogP contribution in [0.5, 0.6) is 0 Å². The predicted octanol–water partition coefficient (Wildman–Crippen LogP) is 5.33. The van der Waals surface area contributed by atoms with Gasteiger partial charge in [0.25, 0.3) is 5.91 Å². The minimum Gasteiger partial charge on any atom is -0.353 e. The Bertz CT molecular complexity index is 1040. The van der Waals surface area contributed by atoms with Gasteiger partial charge in [0, 0.05) is 50.2 Å². The van der Waals surface area contributed by atoms with E-state index in [1.165, 1.54) is 22.1 Å². The maximum Gasteiger partial charge on any atom is 0.416 e. The van der Waals surface area contributed by atoms with Crippen molar-refractivity contribution >= 4 is 46.5 Å². The normalized spacial score (nSPS) is 14.4. The molecule has 0 aliphatic carbocycles. The number of benzene rings is 1. The minimum atomic E-state index is -4.68. The van der Waals surface area contributed by atoms with Crippen molar-refractivity contribution in [3.63, 3.8) is 0 Å². The van der Waals surface area contributed by atoms with Crippen LogP contribution in [0.4, 0.5) is 24.7 Å². The number of amides is 2. The third-order valence-corrected chi connectivity index (χ3v) is 6.20. The highest BCUT2D eigenvalue weighted by Crippen LogP contribution is 2.34. The van der Waals surface area contributed by atoms with Gasteiger partial charge in [-0.25, -0.2) is 4.98 Å². The molecule has 0 bridgehead atoms. The third-order valence-electron chi connectivity index (χ3n) is 5.75. The molecule has 0 unspecified atom stereocenters. The highest BCUT2D eigenvalue weighted by molar-refractivity contribution is 6.30. The number of anilines is 2. The molecule has 2 amide bonds. The molecular formula is C24H27Cl2F3N4O2. The summed E-state index contributed by atoms with van der Waals surface area (Å²) >= 11 is 11.6. The maximum atomic E-state index is 13.7. The highest BCUT2D eigenvalue weighted by atomic mass is 35.5. The SMILES string of the molecule is CC(C)CCN(C(=O)CCl)c1cc(C(=O)N2CCN(c3ccc(Cl)cn3)CC2)cc(C(F)(F)F)c1. The van der Waals surface area contributed by atoms with E-state index in [2.05, 4.69) is 4.98 Å². The van der Waals surface area contributed by atoms with Crippen LogP contribution in [-0.4, -0.2) is 60.3 Å². The largest absolute Gasteiger partial charge is 0.416 e. The van der Waals surface area contributed by atoms with Gasteiger partial charge >= 0.3 is 6.18 Å². The first kappa shape index (κ1) is 27.1. The lowest BCUT2D eigenvalue weighted by atomic mass is 10.0. The second-order valence-corrected chi connectivity index (χ2v) is 9.45. The van der Waals surface area contributed by atoms with E-state index in [0.717, 1.165) is 12.1 Å². The summed E-state index contributed by atoms with van der Waals surface area (Å²) in [4.78, 5) is 34.7. The Morgan fingerprint density at radius 1 is 1.11 bits per heavy atom. The van der Waals surface area contributed by atoms with Crippen LogP contribution >= 0.6 is 23.2 Å². The summed E-state index contributed by atoms with van der Waals surface area (Å²) in [6, 6.07) is 6.57. The topological polar surface area (TPSA) is 56.8 Å². The van der Waals surface area contributed by atoms with Crippen LogP contribution < -0.4 is 9.80 Å². The molecule has 1 aromatic carbocycles. The van der Waals surface area contributed by atoms with E-state index < -0.39 is 23.6 Å². The molecule has 0 spiro atoms. The Labute approximate surface area is 212 Å². The Balaban J connectivity index is 1.85. The van der Waals surface area contributed by atoms with E-state index in [1.54, 1.807) is 12.1 Å². The molecular weight excluding hydrogens is 504 g/mol. The first-order chi connectivity index (χ1) is 16.5. The maximum absolute atomic E-state index is 13.7. The van der Waals surface area contributed by atoms with Crippen molar-refractivity contribution in [2.45, 2.75) is 26.4 Å². The molecule has 1 aliphatic rings. The zero-order valence-electron chi connectivity index (χ0n) is 19.5. The number of hydrogen-bond acceptors (Lipinski definition) is 4. The van der Waals surface area contributed by atoms with Crippen molar-refractivity contribution in [2.24, 2.45) is 5.92 Å². The van der Waals surface area contributed by atoms with Crippen molar-refractivity contribution in [1.82, 2.24) is 9.88 Å². The third kappa shape index (κ3) is 7.01. The fourth-order valence-electron chi connectivity index (χ4n) is 3.79. The summed E-state index contributed by atoms with van der Waals surface area (Å²) in [5, 5.41) is 0.512. The van der Waals surface area contributed by atoms with Gasteiger partial charge in [-0.05, 0) is 42.7 Å². The molecule has 35 heavy (non-hydrogen) atoms. The zero-order valence-corrected chi connectivity index (χ0v) is 21.0. The summed E-state index contributed by atoms with van der Waals surface area (Å²) < 4.78 is 41.1. The quantitative estimate of drug-likeness (QED) is 0.453. The number of piperazine rings is 1. The molecule has 6 nitrogen and oxygen atoms in total. The van der Waals surface area contributed by atoms with Gasteiger partial charge in [0.2, 0.25) is 5.91 Å². The summed E-state index contributed by atoms with van der Waals surface area (Å²) in [6.07, 6.45) is -2.58. The van der Waals surface area contributed by atoms with Gasteiger partial charge in [0.1, 0.15) is 11.7 Å². The van der Waals surface area contributed by atoms with E-state index >= 15 is 0 Å². The van der Waals surface area contributed by atoms with Gasteiger partial charge in [0.05, 0.1) is 10.6 Å². The molecule has 0 saturated carbocycles. The second-order valence-electron chi connectivity index (χ2n) is 8.74. The monoisotopic (exact) mass is 530 g/mol. The Hall–Kier alpha value is -2.52. The van der Waals surface area contributed by atoms with Gasteiger partial charge in [0.15, 0.2) is 0 Å². The average Bonchev–Trinajstić information content (AvgIpc) is 2.83. The van der Waals surface area contributed by atoms with Crippen LogP contribution in [0.3, 0.4) is 0 Å². The van der Waals surface area contributed by atoms with Crippen LogP contribution in [0.15, 0.2) is 36.5 Å². The number of hydrogen-bond donors (Lipinski definition) is 0. The molecule has 2 aromatic rings. The molecule has 3 rings (SSSR count). The average molecular weight is 531 g/mol. The zero-order chi connectivity index (χ0) is 25.8. The standard InChI is InChI=1S/C24H27Cl2F3N4O2/c1-16(2)5-6-33(22(34)14-25)20-12-17(11-18(13-20)24(27,28)29)23(35)32-9-7-31(8-10-32)21-4-3-19(26)15-30-21/h3-4,11-13,15-16H,5-10,14H2,1-2H3. The minimum absolute atomic E-state index is 0.0125. The number of nitrogens with zero attached hydrogens (tertiary/aromatic N) is 4. The molecule has 0 N–H and O–H groups in total. The number of carbonyl (C=O) groups excluding carboxylic acids is 2. The fourth-order valence-corrected chi connectivity index (χ4v) is 4.04. The van der Waals surface area contributed by atoms with Crippen molar-refractivity contribution < 1.29 is 22.8 Å². The Morgan fingerprint density at radius 3 is 2.34 bits per heavy atom. The van der Waals surface area contributed by atoms with Gasteiger partial charge in [-0.3, -0.25) is 9.59 Å². The van der Waals surface area contributed by atoms with Gasteiger partial charge in [-0.1, -0.05) is 25.4 Å².